The van der Waals surface area contributed by atoms with Gasteiger partial charge < -0.3 is 10.5 Å². The predicted molar refractivity (Wildman–Crippen MR) is 45.3 cm³/mol. The van der Waals surface area contributed by atoms with Crippen molar-refractivity contribution >= 4 is 5.69 Å². The zero-order valence-electron chi connectivity index (χ0n) is 6.29. The van der Waals surface area contributed by atoms with Crippen molar-refractivity contribution in [3.8, 4) is 18.1 Å². The molecule has 0 aliphatic heterocycles. The maximum Gasteiger partial charge on any atom is 0.136 e. The summed E-state index contributed by atoms with van der Waals surface area (Å²) in [5.41, 5.74) is 6.89. The van der Waals surface area contributed by atoms with Gasteiger partial charge in [0.15, 0.2) is 0 Å². The highest BCUT2D eigenvalue weighted by atomic mass is 16.5. The molecule has 0 saturated heterocycles. The lowest BCUT2D eigenvalue weighted by molar-refractivity contribution is 0.414. The lowest BCUT2D eigenvalue weighted by atomic mass is 10.2. The number of methoxy groups -OCH3 is 1. The van der Waals surface area contributed by atoms with Crippen molar-refractivity contribution in [2.24, 2.45) is 0 Å². The summed E-state index contributed by atoms with van der Waals surface area (Å²) in [6, 6.07) is 5.21. The van der Waals surface area contributed by atoms with Gasteiger partial charge in [0.1, 0.15) is 5.75 Å². The molecule has 0 saturated carbocycles. The summed E-state index contributed by atoms with van der Waals surface area (Å²) < 4.78 is 4.99. The second kappa shape index (κ2) is 2.98. The average molecular weight is 147 g/mol. The summed E-state index contributed by atoms with van der Waals surface area (Å²) in [5.74, 6) is 3.14. The summed E-state index contributed by atoms with van der Waals surface area (Å²) in [5, 5.41) is 0. The van der Waals surface area contributed by atoms with Gasteiger partial charge in [-0.05, 0) is 12.1 Å². The number of rotatable bonds is 1. The number of hydrogen-bond donors (Lipinski definition) is 1. The van der Waals surface area contributed by atoms with Gasteiger partial charge in [-0.1, -0.05) is 5.92 Å². The fourth-order valence-electron chi connectivity index (χ4n) is 0.827. The zero-order valence-corrected chi connectivity index (χ0v) is 6.29. The van der Waals surface area contributed by atoms with Crippen LogP contribution in [0.15, 0.2) is 18.2 Å². The van der Waals surface area contributed by atoms with E-state index < -0.39 is 0 Å². The number of nitrogen functional groups attached to an aromatic ring is 1. The van der Waals surface area contributed by atoms with E-state index in [0.717, 1.165) is 5.56 Å². The third-order valence-electron chi connectivity index (χ3n) is 1.38. The van der Waals surface area contributed by atoms with E-state index in [2.05, 4.69) is 5.92 Å². The van der Waals surface area contributed by atoms with Crippen LogP contribution in [0.1, 0.15) is 5.56 Å². The Balaban J connectivity index is 3.19. The maximum atomic E-state index is 5.51. The number of ether oxygens (including phenoxy) is 1. The summed E-state index contributed by atoms with van der Waals surface area (Å²) in [6.45, 7) is 0. The third kappa shape index (κ3) is 1.44. The van der Waals surface area contributed by atoms with Crippen molar-refractivity contribution in [1.82, 2.24) is 0 Å². The molecule has 0 aliphatic carbocycles. The number of benzene rings is 1. The highest BCUT2D eigenvalue weighted by Crippen LogP contribution is 2.19. The first-order valence-corrected chi connectivity index (χ1v) is 3.18. The Morgan fingerprint density at radius 1 is 1.55 bits per heavy atom. The largest absolute Gasteiger partial charge is 0.495 e. The lowest BCUT2D eigenvalue weighted by Crippen LogP contribution is -1.90. The third-order valence-corrected chi connectivity index (χ3v) is 1.38. The molecule has 0 aliphatic rings. The minimum Gasteiger partial charge on any atom is -0.495 e. The van der Waals surface area contributed by atoms with E-state index >= 15 is 0 Å². The van der Waals surface area contributed by atoms with Crippen LogP contribution < -0.4 is 10.5 Å². The minimum absolute atomic E-state index is 0.646. The summed E-state index contributed by atoms with van der Waals surface area (Å²) in [4.78, 5) is 0. The molecule has 0 aromatic heterocycles. The zero-order chi connectivity index (χ0) is 8.27. The molecule has 0 heterocycles. The number of hydrogen-bond acceptors (Lipinski definition) is 2. The molecule has 0 radical (unpaired) electrons. The second-order valence-corrected chi connectivity index (χ2v) is 2.10. The van der Waals surface area contributed by atoms with Gasteiger partial charge in [0.05, 0.1) is 12.7 Å². The van der Waals surface area contributed by atoms with Crippen molar-refractivity contribution < 1.29 is 4.74 Å². The van der Waals surface area contributed by atoms with Gasteiger partial charge in [0, 0.05) is 11.8 Å². The molecule has 0 bridgehead atoms. The monoisotopic (exact) mass is 147 g/mol. The molecule has 1 aromatic carbocycles. The van der Waals surface area contributed by atoms with Gasteiger partial charge in [-0.3, -0.25) is 0 Å². The van der Waals surface area contributed by atoms with Crippen LogP contribution in [0, 0.1) is 12.3 Å². The van der Waals surface area contributed by atoms with E-state index in [0.29, 0.717) is 11.4 Å². The molecule has 2 nitrogen and oxygen atoms in total. The summed E-state index contributed by atoms with van der Waals surface area (Å²) in [7, 11) is 1.57. The fourth-order valence-corrected chi connectivity index (χ4v) is 0.827. The Kier molecular flexibility index (Phi) is 2.03. The molecule has 1 rings (SSSR count). The topological polar surface area (TPSA) is 35.2 Å². The number of nitrogens with two attached hydrogens (primary N) is 1. The van der Waals surface area contributed by atoms with Gasteiger partial charge in [-0.25, -0.2) is 0 Å². The van der Waals surface area contributed by atoms with Crippen molar-refractivity contribution in [1.29, 1.82) is 0 Å². The maximum absolute atomic E-state index is 5.51. The Hall–Kier alpha value is -1.62. The van der Waals surface area contributed by atoms with Gasteiger partial charge in [-0.2, -0.15) is 0 Å². The molecule has 2 heteroatoms. The lowest BCUT2D eigenvalue weighted by Gasteiger charge is -2.02. The smallest absolute Gasteiger partial charge is 0.136 e. The standard InChI is InChI=1S/C9H9NO/c1-3-7-4-5-8(10)6-9(7)11-2/h1,4-6H,10H2,2H3. The number of anilines is 1. The van der Waals surface area contributed by atoms with E-state index in [1.54, 1.807) is 25.3 Å². The number of terminal acetylenes is 1. The van der Waals surface area contributed by atoms with E-state index in [1.807, 2.05) is 0 Å². The van der Waals surface area contributed by atoms with Crippen LogP contribution in [0.5, 0.6) is 5.75 Å². The van der Waals surface area contributed by atoms with Gasteiger partial charge in [-0.15, -0.1) is 6.42 Å². The highest BCUT2D eigenvalue weighted by Gasteiger charge is 1.98. The Morgan fingerprint density at radius 3 is 2.82 bits per heavy atom. The van der Waals surface area contributed by atoms with E-state index in [4.69, 9.17) is 16.9 Å². The normalized spacial score (nSPS) is 8.73. The van der Waals surface area contributed by atoms with Crippen LogP contribution in [0.2, 0.25) is 0 Å². The quantitative estimate of drug-likeness (QED) is 0.479. The van der Waals surface area contributed by atoms with Gasteiger partial charge in [0.25, 0.3) is 0 Å². The first-order chi connectivity index (χ1) is 5.27. The highest BCUT2D eigenvalue weighted by molar-refractivity contribution is 5.53. The predicted octanol–water partition coefficient (Wildman–Crippen LogP) is 1.26. The van der Waals surface area contributed by atoms with Crippen LogP contribution in [0.3, 0.4) is 0 Å². The summed E-state index contributed by atoms with van der Waals surface area (Å²) in [6.07, 6.45) is 5.21. The van der Waals surface area contributed by atoms with E-state index in [1.165, 1.54) is 0 Å². The van der Waals surface area contributed by atoms with E-state index in [9.17, 15) is 0 Å². The molecule has 0 fully saturated rings. The Labute approximate surface area is 66.0 Å². The average Bonchev–Trinajstić information content (AvgIpc) is 2.04. The van der Waals surface area contributed by atoms with Crippen LogP contribution >= 0.6 is 0 Å². The Morgan fingerprint density at radius 2 is 2.27 bits per heavy atom. The van der Waals surface area contributed by atoms with Crippen LogP contribution in [0.25, 0.3) is 0 Å². The van der Waals surface area contributed by atoms with Gasteiger partial charge in [0.2, 0.25) is 0 Å². The van der Waals surface area contributed by atoms with E-state index in [-0.39, 0.29) is 0 Å². The first-order valence-electron chi connectivity index (χ1n) is 3.18. The molecule has 2 N–H and O–H groups in total. The van der Waals surface area contributed by atoms with Crippen LogP contribution in [0.4, 0.5) is 5.69 Å². The van der Waals surface area contributed by atoms with Gasteiger partial charge >= 0.3 is 0 Å². The Bertz CT molecular complexity index is 299. The van der Waals surface area contributed by atoms with Crippen molar-refractivity contribution in [3.05, 3.63) is 23.8 Å². The molecule has 1 aromatic rings. The molecule has 0 spiro atoms. The summed E-state index contributed by atoms with van der Waals surface area (Å²) >= 11 is 0. The molecule has 11 heavy (non-hydrogen) atoms. The molecule has 0 unspecified atom stereocenters. The van der Waals surface area contributed by atoms with Crippen molar-refractivity contribution in [3.63, 3.8) is 0 Å². The van der Waals surface area contributed by atoms with Crippen LogP contribution in [-0.2, 0) is 0 Å². The minimum atomic E-state index is 0.646. The second-order valence-electron chi connectivity index (χ2n) is 2.10. The molecule has 56 valence electrons. The van der Waals surface area contributed by atoms with Crippen molar-refractivity contribution in [2.45, 2.75) is 0 Å². The SMILES string of the molecule is C#Cc1ccc(N)cc1OC. The molecule has 0 atom stereocenters. The van der Waals surface area contributed by atoms with Crippen LogP contribution in [-0.4, -0.2) is 7.11 Å². The van der Waals surface area contributed by atoms with Crippen molar-refractivity contribution in [2.75, 3.05) is 12.8 Å². The molecule has 0 amide bonds. The molecular formula is C9H9NO. The first kappa shape index (κ1) is 7.49. The molecular weight excluding hydrogens is 138 g/mol. The fraction of sp³-hybridized carbons (Fsp3) is 0.111.